The molecule has 5 aromatic rings. The van der Waals surface area contributed by atoms with E-state index in [1.54, 1.807) is 11.4 Å². The molecule has 0 fully saturated rings. The lowest BCUT2D eigenvalue weighted by molar-refractivity contribution is 0.289. The van der Waals surface area contributed by atoms with Crippen LogP contribution in [0.2, 0.25) is 0 Å². The lowest BCUT2D eigenvalue weighted by Crippen LogP contribution is -2.31. The van der Waals surface area contributed by atoms with Crippen LogP contribution < -0.4 is 9.96 Å². The Bertz CT molecular complexity index is 1580. The zero-order chi connectivity index (χ0) is 28.5. The highest BCUT2D eigenvalue weighted by atomic mass is 31.1. The van der Waals surface area contributed by atoms with Crippen molar-refractivity contribution in [2.75, 3.05) is 0 Å². The van der Waals surface area contributed by atoms with Crippen LogP contribution in [0.15, 0.2) is 84.9 Å². The Morgan fingerprint density at radius 2 is 1.15 bits per heavy atom. The summed E-state index contributed by atoms with van der Waals surface area (Å²) in [4.78, 5) is 0. The van der Waals surface area contributed by atoms with Gasteiger partial charge in [0.1, 0.15) is 5.75 Å². The lowest BCUT2D eigenvalue weighted by atomic mass is 9.97. The summed E-state index contributed by atoms with van der Waals surface area (Å²) in [5.41, 5.74) is 2.78. The van der Waals surface area contributed by atoms with Gasteiger partial charge >= 0.3 is 7.32 Å². The maximum Gasteiger partial charge on any atom is 0.707 e. The molecule has 0 saturated heterocycles. The van der Waals surface area contributed by atoms with E-state index in [-0.39, 0.29) is 7.92 Å². The molecule has 0 amide bonds. The van der Waals surface area contributed by atoms with Crippen molar-refractivity contribution in [3.63, 3.8) is 0 Å². The SMILES string of the molecule is Cc1cc(C)cc(P(C(C)(C)C)C(C)(C)C)c1.OB(O)Oc1cccc2ccc3cc4ccccc4cc3c12. The van der Waals surface area contributed by atoms with Crippen LogP contribution in [-0.4, -0.2) is 27.7 Å². The van der Waals surface area contributed by atoms with Crippen molar-refractivity contribution < 1.29 is 14.7 Å². The van der Waals surface area contributed by atoms with E-state index in [0.717, 1.165) is 26.9 Å². The van der Waals surface area contributed by atoms with Crippen LogP contribution in [0.25, 0.3) is 32.3 Å². The molecule has 2 N–H and O–H groups in total. The highest BCUT2D eigenvalue weighted by molar-refractivity contribution is 7.68. The third-order valence-electron chi connectivity index (χ3n) is 6.73. The van der Waals surface area contributed by atoms with Crippen molar-refractivity contribution in [2.24, 2.45) is 0 Å². The Morgan fingerprint density at radius 3 is 1.72 bits per heavy atom. The fourth-order valence-electron chi connectivity index (χ4n) is 5.84. The third kappa shape index (κ3) is 6.82. The van der Waals surface area contributed by atoms with Gasteiger partial charge in [0.25, 0.3) is 0 Å². The normalized spacial score (nSPS) is 12.1. The second-order valence-corrected chi connectivity index (χ2v) is 16.2. The summed E-state index contributed by atoms with van der Waals surface area (Å²) >= 11 is 0. The molecule has 0 aliphatic rings. The maximum atomic E-state index is 9.14. The zero-order valence-electron chi connectivity index (χ0n) is 24.4. The van der Waals surface area contributed by atoms with Crippen LogP contribution >= 0.6 is 7.92 Å². The first kappa shape index (κ1) is 29.1. The van der Waals surface area contributed by atoms with E-state index >= 15 is 0 Å². The van der Waals surface area contributed by atoms with Gasteiger partial charge in [-0.1, -0.05) is 127 Å². The van der Waals surface area contributed by atoms with Gasteiger partial charge in [-0.05, 0) is 74.6 Å². The molecule has 0 atom stereocenters. The average Bonchev–Trinajstić information content (AvgIpc) is 2.80. The topological polar surface area (TPSA) is 49.7 Å². The van der Waals surface area contributed by atoms with Crippen molar-refractivity contribution in [2.45, 2.75) is 65.7 Å². The summed E-state index contributed by atoms with van der Waals surface area (Å²) in [6.45, 7) is 18.7. The summed E-state index contributed by atoms with van der Waals surface area (Å²) in [6, 6.07) is 29.1. The van der Waals surface area contributed by atoms with Crippen LogP contribution in [0.4, 0.5) is 0 Å². The molecule has 0 spiro atoms. The Labute approximate surface area is 234 Å². The van der Waals surface area contributed by atoms with E-state index in [1.807, 2.05) is 30.3 Å². The Kier molecular flexibility index (Phi) is 8.43. The first-order valence-corrected chi connectivity index (χ1v) is 14.8. The maximum absolute atomic E-state index is 9.14. The molecule has 0 aliphatic carbocycles. The molecular formula is C34H40BO3P. The van der Waals surface area contributed by atoms with Gasteiger partial charge in [-0.15, -0.1) is 0 Å². The van der Waals surface area contributed by atoms with Gasteiger partial charge in [-0.2, -0.15) is 0 Å². The quantitative estimate of drug-likeness (QED) is 0.105. The number of fused-ring (bicyclic) bond motifs is 4. The van der Waals surface area contributed by atoms with Crippen molar-refractivity contribution in [1.29, 1.82) is 0 Å². The third-order valence-corrected chi connectivity index (χ3v) is 10.2. The van der Waals surface area contributed by atoms with E-state index < -0.39 is 7.32 Å². The first-order chi connectivity index (χ1) is 18.2. The van der Waals surface area contributed by atoms with Crippen molar-refractivity contribution in [3.8, 4) is 5.75 Å². The minimum Gasteiger partial charge on any atom is -0.511 e. The highest BCUT2D eigenvalue weighted by Gasteiger charge is 2.35. The van der Waals surface area contributed by atoms with Gasteiger partial charge in [0.05, 0.1) is 0 Å². The largest absolute Gasteiger partial charge is 0.707 e. The van der Waals surface area contributed by atoms with Crippen LogP contribution in [0.5, 0.6) is 5.75 Å². The molecule has 0 bridgehead atoms. The fourth-order valence-corrected chi connectivity index (χ4v) is 10.1. The molecule has 0 radical (unpaired) electrons. The Morgan fingerprint density at radius 1 is 0.615 bits per heavy atom. The van der Waals surface area contributed by atoms with Crippen LogP contribution in [-0.2, 0) is 0 Å². The van der Waals surface area contributed by atoms with E-state index in [4.69, 9.17) is 14.7 Å². The van der Waals surface area contributed by atoms with E-state index in [9.17, 15) is 0 Å². The molecule has 5 rings (SSSR count). The number of rotatable bonds is 3. The molecular weight excluding hydrogens is 498 g/mol. The molecule has 5 aromatic carbocycles. The minimum absolute atomic E-state index is 0.170. The summed E-state index contributed by atoms with van der Waals surface area (Å²) in [5.74, 6) is 0.466. The predicted molar refractivity (Wildman–Crippen MR) is 172 cm³/mol. The number of hydrogen-bond donors (Lipinski definition) is 2. The molecule has 202 valence electrons. The van der Waals surface area contributed by atoms with Gasteiger partial charge < -0.3 is 14.7 Å². The summed E-state index contributed by atoms with van der Waals surface area (Å²) < 4.78 is 5.16. The average molecular weight is 538 g/mol. The standard InChI is InChI=1S/C18H13BO3.C16H27P/c20-19(21)22-17-7-3-6-12-8-9-15-10-13-4-1-2-5-14(13)11-16(15)18(12)17;1-12-9-13(2)11-14(10-12)17(15(3,4)5)16(6,7)8/h1-11,20-21H;9-11H,1-8H3. The predicted octanol–water partition coefficient (Wildman–Crippen LogP) is 8.50. The van der Waals surface area contributed by atoms with Gasteiger partial charge in [-0.3, -0.25) is 0 Å². The molecule has 0 saturated carbocycles. The molecule has 0 aliphatic heterocycles. The van der Waals surface area contributed by atoms with Crippen LogP contribution in [0.3, 0.4) is 0 Å². The Hall–Kier alpha value is -2.91. The number of aryl methyl sites for hydroxylation is 2. The molecule has 0 heterocycles. The van der Waals surface area contributed by atoms with Crippen LogP contribution in [0, 0.1) is 13.8 Å². The molecule has 0 unspecified atom stereocenters. The summed E-state index contributed by atoms with van der Waals surface area (Å²) in [5, 5.41) is 26.9. The summed E-state index contributed by atoms with van der Waals surface area (Å²) in [6.07, 6.45) is 0. The van der Waals surface area contributed by atoms with E-state index in [0.29, 0.717) is 16.1 Å². The van der Waals surface area contributed by atoms with Crippen molar-refractivity contribution >= 4 is 52.9 Å². The van der Waals surface area contributed by atoms with Gasteiger partial charge in [0, 0.05) is 5.39 Å². The van der Waals surface area contributed by atoms with Crippen molar-refractivity contribution in [3.05, 3.63) is 96.1 Å². The van der Waals surface area contributed by atoms with Gasteiger partial charge in [0.15, 0.2) is 0 Å². The minimum atomic E-state index is -1.83. The Balaban J connectivity index is 0.000000188. The zero-order valence-corrected chi connectivity index (χ0v) is 25.3. The fraction of sp³-hybridized carbons (Fsp3) is 0.294. The highest BCUT2D eigenvalue weighted by Crippen LogP contribution is 2.58. The van der Waals surface area contributed by atoms with Crippen molar-refractivity contribution in [1.82, 2.24) is 0 Å². The molecule has 3 nitrogen and oxygen atoms in total. The van der Waals surface area contributed by atoms with Gasteiger partial charge in [0.2, 0.25) is 0 Å². The number of hydrogen-bond acceptors (Lipinski definition) is 3. The van der Waals surface area contributed by atoms with E-state index in [1.165, 1.54) is 16.5 Å². The molecule has 39 heavy (non-hydrogen) atoms. The van der Waals surface area contributed by atoms with E-state index in [2.05, 4.69) is 104 Å². The monoisotopic (exact) mass is 538 g/mol. The first-order valence-electron chi connectivity index (χ1n) is 13.5. The van der Waals surface area contributed by atoms with Gasteiger partial charge in [-0.25, -0.2) is 0 Å². The molecule has 5 heteroatoms. The second kappa shape index (κ2) is 11.3. The molecule has 0 aromatic heterocycles. The van der Waals surface area contributed by atoms with Crippen LogP contribution in [0.1, 0.15) is 52.7 Å². The second-order valence-electron chi connectivity index (χ2n) is 12.3. The lowest BCUT2D eigenvalue weighted by Gasteiger charge is -2.42. The number of benzene rings is 5. The summed E-state index contributed by atoms with van der Waals surface area (Å²) in [7, 11) is -2.00. The smallest absolute Gasteiger partial charge is 0.511 e.